The van der Waals surface area contributed by atoms with E-state index in [2.05, 4.69) is 57.5 Å². The van der Waals surface area contributed by atoms with Gasteiger partial charge < -0.3 is 4.42 Å². The van der Waals surface area contributed by atoms with Crippen molar-refractivity contribution in [2.24, 2.45) is 0 Å². The molecule has 5 nitrogen and oxygen atoms in total. The van der Waals surface area contributed by atoms with E-state index in [1.807, 2.05) is 24.4 Å². The normalized spacial score (nSPS) is 15.9. The Morgan fingerprint density at radius 1 is 1.08 bits per heavy atom. The fraction of sp³-hybridized carbons (Fsp3) is 0.350. The summed E-state index contributed by atoms with van der Waals surface area (Å²) < 4.78 is 5.90. The average Bonchev–Trinajstić information content (AvgIpc) is 3.03. The predicted octanol–water partition coefficient (Wildman–Crippen LogP) is 3.95. The van der Waals surface area contributed by atoms with Gasteiger partial charge in [-0.25, -0.2) is 0 Å². The minimum Gasteiger partial charge on any atom is -0.424 e. The first-order valence-corrected chi connectivity index (χ1v) is 8.79. The highest BCUT2D eigenvalue weighted by Crippen LogP contribution is 2.35. The molecule has 0 radical (unpaired) electrons. The first-order chi connectivity index (χ1) is 12.3. The second-order valence-electron chi connectivity index (χ2n) is 6.64. The zero-order valence-electron chi connectivity index (χ0n) is 14.4. The molecule has 2 heterocycles. The van der Waals surface area contributed by atoms with Crippen LogP contribution in [0.25, 0.3) is 0 Å². The molecule has 2 aromatic heterocycles. The molecule has 1 aromatic carbocycles. The summed E-state index contributed by atoms with van der Waals surface area (Å²) in [7, 11) is 2.07. The third kappa shape index (κ3) is 3.46. The molecule has 3 aromatic rings. The van der Waals surface area contributed by atoms with Crippen molar-refractivity contribution in [3.63, 3.8) is 0 Å². The Labute approximate surface area is 147 Å². The quantitative estimate of drug-likeness (QED) is 0.683. The number of hydrogen-bond donors (Lipinski definition) is 0. The molecule has 25 heavy (non-hydrogen) atoms. The van der Waals surface area contributed by atoms with Crippen LogP contribution in [-0.4, -0.2) is 27.1 Å². The van der Waals surface area contributed by atoms with Gasteiger partial charge in [-0.3, -0.25) is 9.88 Å². The summed E-state index contributed by atoms with van der Waals surface area (Å²) in [5, 5.41) is 8.49. The van der Waals surface area contributed by atoms with Gasteiger partial charge in [-0.05, 0) is 37.6 Å². The van der Waals surface area contributed by atoms with Crippen LogP contribution in [0.3, 0.4) is 0 Å². The van der Waals surface area contributed by atoms with Crippen LogP contribution >= 0.6 is 0 Å². The van der Waals surface area contributed by atoms with Gasteiger partial charge in [-0.15, -0.1) is 10.2 Å². The molecule has 1 saturated carbocycles. The van der Waals surface area contributed by atoms with Gasteiger partial charge in [0.15, 0.2) is 0 Å². The van der Waals surface area contributed by atoms with E-state index >= 15 is 0 Å². The minimum atomic E-state index is 0.0430. The molecule has 4 rings (SSSR count). The number of benzene rings is 1. The van der Waals surface area contributed by atoms with Gasteiger partial charge in [0.05, 0.1) is 18.3 Å². The SMILES string of the molecule is CN(Cc1nnc(C2CCC2)o1)[C@H](c1ccccc1)c1ccccn1. The second-order valence-corrected chi connectivity index (χ2v) is 6.64. The molecule has 0 bridgehead atoms. The lowest BCUT2D eigenvalue weighted by Crippen LogP contribution is -2.26. The van der Waals surface area contributed by atoms with Crippen LogP contribution in [0, 0.1) is 0 Å². The number of nitrogens with zero attached hydrogens (tertiary/aromatic N) is 4. The standard InChI is InChI=1S/C20H22N4O/c1-24(14-18-22-23-20(25-18)16-10-7-11-16)19(15-8-3-2-4-9-15)17-12-5-6-13-21-17/h2-6,8-9,12-13,16,19H,7,10-11,14H2,1H3/t19-/m1/s1. The smallest absolute Gasteiger partial charge is 0.230 e. The molecular formula is C20H22N4O. The topological polar surface area (TPSA) is 55.1 Å². The van der Waals surface area contributed by atoms with Crippen LogP contribution in [0.4, 0.5) is 0 Å². The van der Waals surface area contributed by atoms with Crippen molar-refractivity contribution in [2.75, 3.05) is 7.05 Å². The Morgan fingerprint density at radius 2 is 1.88 bits per heavy atom. The van der Waals surface area contributed by atoms with Crippen molar-refractivity contribution < 1.29 is 4.42 Å². The first-order valence-electron chi connectivity index (χ1n) is 8.79. The summed E-state index contributed by atoms with van der Waals surface area (Å²) in [6, 6.07) is 16.5. The predicted molar refractivity (Wildman–Crippen MR) is 94.9 cm³/mol. The molecule has 0 N–H and O–H groups in total. The van der Waals surface area contributed by atoms with E-state index in [-0.39, 0.29) is 6.04 Å². The highest BCUT2D eigenvalue weighted by atomic mass is 16.4. The fourth-order valence-electron chi connectivity index (χ4n) is 3.28. The zero-order valence-corrected chi connectivity index (χ0v) is 14.4. The Morgan fingerprint density at radius 3 is 2.56 bits per heavy atom. The Balaban J connectivity index is 1.57. The number of pyridine rings is 1. The first kappa shape index (κ1) is 16.0. The van der Waals surface area contributed by atoms with E-state index < -0.39 is 0 Å². The van der Waals surface area contributed by atoms with Crippen molar-refractivity contribution >= 4 is 0 Å². The van der Waals surface area contributed by atoms with Gasteiger partial charge in [-0.2, -0.15) is 0 Å². The van der Waals surface area contributed by atoms with Crippen LogP contribution in [0.5, 0.6) is 0 Å². The average molecular weight is 334 g/mol. The zero-order chi connectivity index (χ0) is 17.1. The molecular weight excluding hydrogens is 312 g/mol. The summed E-state index contributed by atoms with van der Waals surface area (Å²) in [5.41, 5.74) is 2.21. The number of hydrogen-bond acceptors (Lipinski definition) is 5. The van der Waals surface area contributed by atoms with Crippen molar-refractivity contribution in [2.45, 2.75) is 37.8 Å². The maximum atomic E-state index is 5.90. The molecule has 1 fully saturated rings. The fourth-order valence-corrected chi connectivity index (χ4v) is 3.28. The summed E-state index contributed by atoms with van der Waals surface area (Å²) in [4.78, 5) is 6.77. The van der Waals surface area contributed by atoms with Gasteiger partial charge in [0.1, 0.15) is 0 Å². The van der Waals surface area contributed by atoms with Crippen molar-refractivity contribution in [1.82, 2.24) is 20.1 Å². The van der Waals surface area contributed by atoms with Crippen LogP contribution in [0.15, 0.2) is 59.1 Å². The summed E-state index contributed by atoms with van der Waals surface area (Å²) in [5.74, 6) is 1.93. The third-order valence-corrected chi connectivity index (χ3v) is 4.85. The van der Waals surface area contributed by atoms with Crippen molar-refractivity contribution in [3.8, 4) is 0 Å². The van der Waals surface area contributed by atoms with E-state index in [9.17, 15) is 0 Å². The Kier molecular flexibility index (Phi) is 4.57. The van der Waals surface area contributed by atoms with Gasteiger partial charge in [0.25, 0.3) is 0 Å². The summed E-state index contributed by atoms with van der Waals surface area (Å²) >= 11 is 0. The van der Waals surface area contributed by atoms with Crippen molar-refractivity contribution in [1.29, 1.82) is 0 Å². The van der Waals surface area contributed by atoms with E-state index in [0.29, 0.717) is 18.4 Å². The molecule has 1 aliphatic rings. The second kappa shape index (κ2) is 7.15. The lowest BCUT2D eigenvalue weighted by Gasteiger charge is -2.27. The molecule has 0 unspecified atom stereocenters. The largest absolute Gasteiger partial charge is 0.424 e. The maximum Gasteiger partial charge on any atom is 0.230 e. The molecule has 0 aliphatic heterocycles. The van der Waals surface area contributed by atoms with Crippen LogP contribution in [0.2, 0.25) is 0 Å². The Hall–Kier alpha value is -2.53. The maximum absolute atomic E-state index is 5.90. The van der Waals surface area contributed by atoms with Crippen LogP contribution in [-0.2, 0) is 6.54 Å². The summed E-state index contributed by atoms with van der Waals surface area (Å²) in [6.45, 7) is 0.593. The number of aromatic nitrogens is 3. The van der Waals surface area contributed by atoms with Gasteiger partial charge in [0, 0.05) is 12.1 Å². The molecule has 0 amide bonds. The lowest BCUT2D eigenvalue weighted by molar-refractivity contribution is 0.230. The summed E-state index contributed by atoms with van der Waals surface area (Å²) in [6.07, 6.45) is 5.43. The molecule has 0 spiro atoms. The van der Waals surface area contributed by atoms with Gasteiger partial charge in [-0.1, -0.05) is 42.8 Å². The van der Waals surface area contributed by atoms with E-state index in [1.54, 1.807) is 0 Å². The van der Waals surface area contributed by atoms with E-state index in [0.717, 1.165) is 24.4 Å². The van der Waals surface area contributed by atoms with E-state index in [4.69, 9.17) is 4.42 Å². The van der Waals surface area contributed by atoms with E-state index in [1.165, 1.54) is 12.0 Å². The molecule has 1 atom stereocenters. The minimum absolute atomic E-state index is 0.0430. The monoisotopic (exact) mass is 334 g/mol. The number of rotatable bonds is 6. The Bertz CT molecular complexity index is 759. The lowest BCUT2D eigenvalue weighted by atomic mass is 9.85. The van der Waals surface area contributed by atoms with Gasteiger partial charge in [0.2, 0.25) is 11.8 Å². The van der Waals surface area contributed by atoms with Crippen LogP contribution in [0.1, 0.15) is 54.3 Å². The third-order valence-electron chi connectivity index (χ3n) is 4.85. The molecule has 128 valence electrons. The molecule has 0 saturated heterocycles. The highest BCUT2D eigenvalue weighted by Gasteiger charge is 2.26. The molecule has 5 heteroatoms. The highest BCUT2D eigenvalue weighted by molar-refractivity contribution is 5.27. The van der Waals surface area contributed by atoms with Crippen LogP contribution < -0.4 is 0 Å². The van der Waals surface area contributed by atoms with Gasteiger partial charge >= 0.3 is 0 Å². The molecule has 1 aliphatic carbocycles. The van der Waals surface area contributed by atoms with Crippen molar-refractivity contribution in [3.05, 3.63) is 77.8 Å².